The minimum Gasteiger partial charge on any atom is -0.480 e. The molecule has 0 spiro atoms. The van der Waals surface area contributed by atoms with Crippen molar-refractivity contribution in [1.29, 1.82) is 0 Å². The molecule has 1 fully saturated rings. The van der Waals surface area contributed by atoms with Crippen molar-refractivity contribution in [3.8, 4) is 0 Å². The van der Waals surface area contributed by atoms with Gasteiger partial charge in [-0.15, -0.1) is 0 Å². The second-order valence-corrected chi connectivity index (χ2v) is 14.3. The first kappa shape index (κ1) is 48.5. The first-order valence-electron chi connectivity index (χ1n) is 20.1. The van der Waals surface area contributed by atoms with Gasteiger partial charge in [-0.25, -0.2) is 14.8 Å². The molecule has 0 radical (unpaired) electrons. The number of amides is 2. The van der Waals surface area contributed by atoms with Gasteiger partial charge in [0.1, 0.15) is 11.8 Å². The number of methoxy groups -OCH3 is 1. The second kappa shape index (κ2) is 25.6. The zero-order valence-electron chi connectivity index (χ0n) is 34.6. The van der Waals surface area contributed by atoms with Gasteiger partial charge in [-0.1, -0.05) is 0 Å². The molecular weight excluding hydrogens is 814 g/mol. The molecule has 0 saturated carbocycles. The van der Waals surface area contributed by atoms with E-state index in [-0.39, 0.29) is 106 Å². The molecule has 1 aliphatic rings. The molecule has 62 heavy (non-hydrogen) atoms. The van der Waals surface area contributed by atoms with Crippen LogP contribution in [0, 0.1) is 0 Å². The average molecular weight is 870 g/mol. The number of carbonyl (C=O) groups excluding carboxylic acids is 4. The number of hydrogen-bond donors (Lipinski definition) is 7. The lowest BCUT2D eigenvalue weighted by molar-refractivity contribution is -0.143. The van der Waals surface area contributed by atoms with Crippen LogP contribution in [0.1, 0.15) is 41.7 Å². The largest absolute Gasteiger partial charge is 0.480 e. The van der Waals surface area contributed by atoms with E-state index in [9.17, 15) is 43.8 Å². The van der Waals surface area contributed by atoms with Gasteiger partial charge in [-0.05, 0) is 37.1 Å². The molecular formula is C39H55N11O12. The average Bonchev–Trinajstić information content (AvgIpc) is 3.32. The van der Waals surface area contributed by atoms with Crippen molar-refractivity contribution in [2.45, 2.75) is 38.3 Å². The molecule has 1 atom stereocenters. The number of ether oxygens (including phenoxy) is 3. The number of nitrogens with two attached hydrogens (primary N) is 1. The predicted molar refractivity (Wildman–Crippen MR) is 222 cm³/mol. The number of nitrogen functional groups attached to an aromatic ring is 1. The normalized spacial score (nSPS) is 14.5. The van der Waals surface area contributed by atoms with Crippen molar-refractivity contribution in [2.24, 2.45) is 0 Å². The minimum absolute atomic E-state index is 0.0365. The summed E-state index contributed by atoms with van der Waals surface area (Å²) in [6.07, 6.45) is 2.21. The third kappa shape index (κ3) is 17.5. The van der Waals surface area contributed by atoms with E-state index >= 15 is 0 Å². The van der Waals surface area contributed by atoms with E-state index in [4.69, 9.17) is 19.9 Å². The number of aromatic nitrogens is 4. The Morgan fingerprint density at radius 3 is 2.06 bits per heavy atom. The van der Waals surface area contributed by atoms with Crippen LogP contribution in [-0.4, -0.2) is 185 Å². The molecule has 23 heteroatoms. The van der Waals surface area contributed by atoms with Crippen molar-refractivity contribution in [3.05, 3.63) is 52.1 Å². The number of carboxylic acids is 2. The lowest BCUT2D eigenvalue weighted by atomic mass is 10.1. The van der Waals surface area contributed by atoms with E-state index in [2.05, 4.69) is 35.9 Å². The number of hydrogen-bond acceptors (Lipinski definition) is 18. The number of aromatic amines is 1. The Kier molecular flexibility index (Phi) is 20.0. The molecule has 2 amide bonds. The molecule has 0 bridgehead atoms. The minimum atomic E-state index is -1.04. The number of fused-ring (bicyclic) bond motifs is 1. The lowest BCUT2D eigenvalue weighted by Gasteiger charge is -2.24. The van der Waals surface area contributed by atoms with Gasteiger partial charge in [-0.3, -0.25) is 48.5 Å². The number of aliphatic carboxylic acids is 2. The fraction of sp³-hybridized carbons (Fsp3) is 0.538. The van der Waals surface area contributed by atoms with Crippen LogP contribution in [0.25, 0.3) is 11.2 Å². The Hall–Kier alpha value is -6.14. The first-order chi connectivity index (χ1) is 29.8. The van der Waals surface area contributed by atoms with Gasteiger partial charge < -0.3 is 46.1 Å². The molecule has 1 aromatic carbocycles. The van der Waals surface area contributed by atoms with E-state index in [0.29, 0.717) is 63.7 Å². The highest BCUT2D eigenvalue weighted by Crippen LogP contribution is 2.13. The molecule has 338 valence electrons. The predicted octanol–water partition coefficient (Wildman–Crippen LogP) is -1.45. The highest BCUT2D eigenvalue weighted by Gasteiger charge is 2.24. The SMILES string of the molecule is COC(=O)[C@H](CCC(=O)CCCOCCOCCNC(=O)CN1CCN(CC(=O)O)CCN(CC(=O)O)CC1)NC(=O)c1ccc(NCc2cnc3nc(N)[nH]c(=O)c3n2)cc1. The highest BCUT2D eigenvalue weighted by molar-refractivity contribution is 5.97. The Labute approximate surface area is 356 Å². The summed E-state index contributed by atoms with van der Waals surface area (Å²) in [5.41, 5.74) is 6.63. The molecule has 0 aliphatic carbocycles. The summed E-state index contributed by atoms with van der Waals surface area (Å²) in [6, 6.07) is 5.41. The number of nitrogens with one attached hydrogen (secondary N) is 4. The molecule has 3 aromatic rings. The summed E-state index contributed by atoms with van der Waals surface area (Å²) in [7, 11) is 1.20. The molecule has 3 heterocycles. The third-order valence-corrected chi connectivity index (χ3v) is 9.58. The summed E-state index contributed by atoms with van der Waals surface area (Å²) < 4.78 is 15.9. The zero-order valence-corrected chi connectivity index (χ0v) is 34.6. The third-order valence-electron chi connectivity index (χ3n) is 9.58. The van der Waals surface area contributed by atoms with Crippen LogP contribution in [0.5, 0.6) is 0 Å². The molecule has 1 saturated heterocycles. The van der Waals surface area contributed by atoms with Crippen molar-refractivity contribution in [2.75, 3.05) is 110 Å². The Morgan fingerprint density at radius 1 is 0.839 bits per heavy atom. The van der Waals surface area contributed by atoms with E-state index < -0.39 is 35.4 Å². The van der Waals surface area contributed by atoms with Crippen LogP contribution in [0.15, 0.2) is 35.3 Å². The number of rotatable bonds is 25. The maximum atomic E-state index is 13.0. The molecule has 23 nitrogen and oxygen atoms in total. The summed E-state index contributed by atoms with van der Waals surface area (Å²) in [4.78, 5) is 105. The highest BCUT2D eigenvalue weighted by atomic mass is 16.5. The molecule has 1 aliphatic heterocycles. The quantitative estimate of drug-likeness (QED) is 0.0378. The van der Waals surface area contributed by atoms with Crippen molar-refractivity contribution >= 4 is 58.3 Å². The van der Waals surface area contributed by atoms with Crippen molar-refractivity contribution in [3.63, 3.8) is 0 Å². The Morgan fingerprint density at radius 2 is 1.45 bits per heavy atom. The fourth-order valence-electron chi connectivity index (χ4n) is 6.31. The number of anilines is 2. The standard InChI is InChI=1S/C39H55N11O12/c1-60-38(59)30(45-36(57)26-4-6-27(7-5-26)42-21-28-22-43-35-34(44-28)37(58)47-39(40)46-35)9-8-29(51)3-2-17-61-19-20-62-18-10-41-31(52)23-48-11-13-49(24-32(53)54)15-16-50(14-12-48)25-33(55)56/h4-7,22,30,42H,2-3,8-21,23-25H2,1H3,(H,41,52)(H,45,57)(H,53,54)(H,55,56)(H3,40,43,46,47,58)/t30-/m0/s1. The molecule has 0 unspecified atom stereocenters. The maximum absolute atomic E-state index is 13.0. The van der Waals surface area contributed by atoms with E-state index in [1.807, 2.05) is 4.90 Å². The summed E-state index contributed by atoms with van der Waals surface area (Å²) in [5.74, 6) is -3.56. The number of ketones is 1. The Bertz CT molecular complexity index is 2010. The van der Waals surface area contributed by atoms with Gasteiger partial charge in [0, 0.05) is 76.5 Å². The number of benzene rings is 1. The zero-order chi connectivity index (χ0) is 44.9. The smallest absolute Gasteiger partial charge is 0.328 e. The van der Waals surface area contributed by atoms with Crippen molar-refractivity contribution < 1.29 is 53.2 Å². The lowest BCUT2D eigenvalue weighted by Crippen LogP contribution is -2.43. The van der Waals surface area contributed by atoms with Crippen LogP contribution in [0.3, 0.4) is 0 Å². The van der Waals surface area contributed by atoms with Crippen LogP contribution in [-0.2, 0) is 44.7 Å². The molecule has 4 rings (SSSR count). The van der Waals surface area contributed by atoms with E-state index in [1.54, 1.807) is 34.1 Å². The summed E-state index contributed by atoms with van der Waals surface area (Å²) in [6.45, 7) is 3.92. The van der Waals surface area contributed by atoms with Gasteiger partial charge in [0.2, 0.25) is 11.9 Å². The van der Waals surface area contributed by atoms with Gasteiger partial charge in [0.25, 0.3) is 11.5 Å². The Balaban J connectivity index is 1.06. The van der Waals surface area contributed by atoms with Crippen LogP contribution in [0.2, 0.25) is 0 Å². The summed E-state index contributed by atoms with van der Waals surface area (Å²) in [5, 5.41) is 27.0. The molecule has 2 aromatic heterocycles. The first-order valence-corrected chi connectivity index (χ1v) is 20.1. The maximum Gasteiger partial charge on any atom is 0.328 e. The van der Waals surface area contributed by atoms with Crippen molar-refractivity contribution in [1.82, 2.24) is 45.3 Å². The topological polar surface area (TPSA) is 314 Å². The van der Waals surface area contributed by atoms with Gasteiger partial charge in [0.15, 0.2) is 11.2 Å². The van der Waals surface area contributed by atoms with Crippen LogP contribution >= 0.6 is 0 Å². The van der Waals surface area contributed by atoms with Gasteiger partial charge in [0.05, 0.1) is 65.0 Å². The van der Waals surface area contributed by atoms with Gasteiger partial charge >= 0.3 is 17.9 Å². The van der Waals surface area contributed by atoms with E-state index in [0.717, 1.165) is 0 Å². The van der Waals surface area contributed by atoms with Crippen LogP contribution in [0.4, 0.5) is 11.6 Å². The fourth-order valence-corrected chi connectivity index (χ4v) is 6.31. The van der Waals surface area contributed by atoms with Gasteiger partial charge in [-0.2, -0.15) is 4.98 Å². The van der Waals surface area contributed by atoms with E-state index in [1.165, 1.54) is 13.3 Å². The monoisotopic (exact) mass is 869 g/mol. The summed E-state index contributed by atoms with van der Waals surface area (Å²) >= 11 is 0. The number of carbonyl (C=O) groups is 6. The number of Topliss-reactive ketones (excluding diaryl/α,β-unsaturated/α-hetero) is 1. The van der Waals surface area contributed by atoms with Crippen LogP contribution < -0.4 is 27.2 Å². The number of nitrogens with zero attached hydrogens (tertiary/aromatic N) is 6. The second-order valence-electron chi connectivity index (χ2n) is 14.3. The number of H-pyrrole nitrogens is 1. The molecule has 8 N–H and O–H groups in total. The number of carboxylic acid groups (broad SMARTS) is 2. The number of esters is 1.